The fourth-order valence-corrected chi connectivity index (χ4v) is 4.30. The van der Waals surface area contributed by atoms with E-state index in [2.05, 4.69) is 20.4 Å². The van der Waals surface area contributed by atoms with Crippen molar-refractivity contribution in [2.24, 2.45) is 5.92 Å². The summed E-state index contributed by atoms with van der Waals surface area (Å²) >= 11 is 12.2. The van der Waals surface area contributed by atoms with Gasteiger partial charge in [0.25, 0.3) is 0 Å². The van der Waals surface area contributed by atoms with Gasteiger partial charge in [-0.3, -0.25) is 9.69 Å². The van der Waals surface area contributed by atoms with Gasteiger partial charge in [-0.15, -0.1) is 0 Å². The van der Waals surface area contributed by atoms with Crippen LogP contribution in [-0.4, -0.2) is 34.0 Å². The summed E-state index contributed by atoms with van der Waals surface area (Å²) in [4.78, 5) is 19.3. The standard InChI is InChI=1S/C23H23Cl2FN4O2/c1-14(15-2-5-18(26)6-3-15)27-23(31)16-8-10-30(11-9-16)13-21-28-22(29-32-21)19-7-4-17(24)12-20(19)25/h2-7,12,14,16H,8-11,13H2,1H3,(H,27,31). The lowest BCUT2D eigenvalue weighted by atomic mass is 9.95. The Kier molecular flexibility index (Phi) is 7.08. The van der Waals surface area contributed by atoms with Crippen LogP contribution in [0.1, 0.15) is 37.3 Å². The van der Waals surface area contributed by atoms with Crippen LogP contribution in [-0.2, 0) is 11.3 Å². The van der Waals surface area contributed by atoms with Gasteiger partial charge in [-0.2, -0.15) is 4.98 Å². The van der Waals surface area contributed by atoms with E-state index < -0.39 is 0 Å². The van der Waals surface area contributed by atoms with Crippen molar-refractivity contribution < 1.29 is 13.7 Å². The topological polar surface area (TPSA) is 71.3 Å². The van der Waals surface area contributed by atoms with Gasteiger partial charge in [0.15, 0.2) is 0 Å². The van der Waals surface area contributed by atoms with Crippen molar-refractivity contribution in [3.63, 3.8) is 0 Å². The highest BCUT2D eigenvalue weighted by molar-refractivity contribution is 6.36. The van der Waals surface area contributed by atoms with E-state index in [-0.39, 0.29) is 23.7 Å². The number of carbonyl (C=O) groups excluding carboxylic acids is 1. The monoisotopic (exact) mass is 476 g/mol. The summed E-state index contributed by atoms with van der Waals surface area (Å²) in [5, 5.41) is 8.07. The van der Waals surface area contributed by atoms with Gasteiger partial charge in [0.1, 0.15) is 5.82 Å². The van der Waals surface area contributed by atoms with Crippen molar-refractivity contribution in [1.29, 1.82) is 0 Å². The number of benzene rings is 2. The molecule has 1 unspecified atom stereocenters. The van der Waals surface area contributed by atoms with Crippen molar-refractivity contribution in [3.05, 3.63) is 69.8 Å². The fraction of sp³-hybridized carbons (Fsp3) is 0.348. The summed E-state index contributed by atoms with van der Waals surface area (Å²) in [6, 6.07) is 11.2. The number of hydrogen-bond acceptors (Lipinski definition) is 5. The second kappa shape index (κ2) is 9.98. The van der Waals surface area contributed by atoms with Gasteiger partial charge in [-0.25, -0.2) is 4.39 Å². The van der Waals surface area contributed by atoms with E-state index in [0.29, 0.717) is 33.9 Å². The Morgan fingerprint density at radius 3 is 2.62 bits per heavy atom. The maximum atomic E-state index is 13.1. The first kappa shape index (κ1) is 22.7. The Morgan fingerprint density at radius 2 is 1.94 bits per heavy atom. The number of amides is 1. The second-order valence-electron chi connectivity index (χ2n) is 7.97. The van der Waals surface area contributed by atoms with Gasteiger partial charge < -0.3 is 9.84 Å². The zero-order chi connectivity index (χ0) is 22.7. The molecule has 1 aromatic heterocycles. The minimum atomic E-state index is -0.288. The van der Waals surface area contributed by atoms with Crippen LogP contribution in [0.5, 0.6) is 0 Å². The largest absolute Gasteiger partial charge is 0.349 e. The lowest BCUT2D eigenvalue weighted by Gasteiger charge is -2.30. The molecule has 6 nitrogen and oxygen atoms in total. The third-order valence-electron chi connectivity index (χ3n) is 5.69. The van der Waals surface area contributed by atoms with E-state index in [1.54, 1.807) is 30.3 Å². The van der Waals surface area contributed by atoms with E-state index >= 15 is 0 Å². The minimum Gasteiger partial charge on any atom is -0.349 e. The number of nitrogens with one attached hydrogen (secondary N) is 1. The highest BCUT2D eigenvalue weighted by atomic mass is 35.5. The molecule has 4 rings (SSSR count). The molecule has 0 spiro atoms. The molecule has 1 aliphatic heterocycles. The predicted octanol–water partition coefficient (Wildman–Crippen LogP) is 5.27. The highest BCUT2D eigenvalue weighted by Gasteiger charge is 2.27. The Morgan fingerprint density at radius 1 is 1.22 bits per heavy atom. The number of halogens is 3. The summed E-state index contributed by atoms with van der Waals surface area (Å²) in [5.74, 6) is 0.605. The molecule has 1 fully saturated rings. The molecular formula is C23H23Cl2FN4O2. The number of piperidine rings is 1. The Labute approximate surface area is 195 Å². The number of hydrogen-bond donors (Lipinski definition) is 1. The van der Waals surface area contributed by atoms with Gasteiger partial charge >= 0.3 is 0 Å². The third-order valence-corrected chi connectivity index (χ3v) is 6.23. The van der Waals surface area contributed by atoms with Crippen molar-refractivity contribution in [1.82, 2.24) is 20.4 Å². The normalized spacial score (nSPS) is 16.1. The summed E-state index contributed by atoms with van der Waals surface area (Å²) in [7, 11) is 0. The smallest absolute Gasteiger partial charge is 0.241 e. The van der Waals surface area contributed by atoms with Crippen LogP contribution in [0.3, 0.4) is 0 Å². The predicted molar refractivity (Wildman–Crippen MR) is 121 cm³/mol. The molecule has 2 heterocycles. The molecule has 2 aromatic carbocycles. The molecule has 0 radical (unpaired) electrons. The quantitative estimate of drug-likeness (QED) is 0.524. The highest BCUT2D eigenvalue weighted by Crippen LogP contribution is 2.29. The van der Waals surface area contributed by atoms with Crippen molar-refractivity contribution >= 4 is 29.1 Å². The molecule has 1 saturated heterocycles. The van der Waals surface area contributed by atoms with Gasteiger partial charge in [-0.1, -0.05) is 40.5 Å². The number of carbonyl (C=O) groups is 1. The van der Waals surface area contributed by atoms with Crippen molar-refractivity contribution in [3.8, 4) is 11.4 Å². The van der Waals surface area contributed by atoms with Crippen LogP contribution >= 0.6 is 23.2 Å². The molecular weight excluding hydrogens is 454 g/mol. The molecule has 1 amide bonds. The molecule has 1 atom stereocenters. The van der Waals surface area contributed by atoms with E-state index in [4.69, 9.17) is 27.7 Å². The molecule has 168 valence electrons. The summed E-state index contributed by atoms with van der Waals surface area (Å²) in [5.41, 5.74) is 1.54. The zero-order valence-corrected chi connectivity index (χ0v) is 19.0. The number of nitrogens with zero attached hydrogens (tertiary/aromatic N) is 3. The van der Waals surface area contributed by atoms with Gasteiger partial charge in [0.05, 0.1) is 17.6 Å². The Balaban J connectivity index is 1.28. The lowest BCUT2D eigenvalue weighted by Crippen LogP contribution is -2.40. The minimum absolute atomic E-state index is 0.0268. The summed E-state index contributed by atoms with van der Waals surface area (Å²) < 4.78 is 18.5. The molecule has 1 aliphatic rings. The molecule has 3 aromatic rings. The first-order valence-corrected chi connectivity index (χ1v) is 11.2. The van der Waals surface area contributed by atoms with Gasteiger partial charge in [-0.05, 0) is 68.8 Å². The number of likely N-dealkylation sites (tertiary alicyclic amines) is 1. The van der Waals surface area contributed by atoms with E-state index in [9.17, 15) is 9.18 Å². The second-order valence-corrected chi connectivity index (χ2v) is 8.81. The molecule has 1 N–H and O–H groups in total. The average Bonchev–Trinajstić information content (AvgIpc) is 3.22. The van der Waals surface area contributed by atoms with Crippen LogP contribution in [0.25, 0.3) is 11.4 Å². The van der Waals surface area contributed by atoms with Crippen molar-refractivity contribution in [2.75, 3.05) is 13.1 Å². The molecule has 32 heavy (non-hydrogen) atoms. The molecule has 0 saturated carbocycles. The van der Waals surface area contributed by atoms with Crippen LogP contribution in [0.4, 0.5) is 4.39 Å². The average molecular weight is 477 g/mol. The fourth-order valence-electron chi connectivity index (χ4n) is 3.81. The van der Waals surface area contributed by atoms with Crippen LogP contribution in [0.2, 0.25) is 10.0 Å². The third kappa shape index (κ3) is 5.46. The molecule has 0 bridgehead atoms. The number of aromatic nitrogens is 2. The lowest BCUT2D eigenvalue weighted by molar-refractivity contribution is -0.127. The molecule has 9 heteroatoms. The van der Waals surface area contributed by atoms with E-state index in [1.807, 2.05) is 6.92 Å². The Hall–Kier alpha value is -2.48. The maximum Gasteiger partial charge on any atom is 0.241 e. The first-order chi connectivity index (χ1) is 15.4. The maximum absolute atomic E-state index is 13.1. The first-order valence-electron chi connectivity index (χ1n) is 10.5. The van der Waals surface area contributed by atoms with Gasteiger partial charge in [0.2, 0.25) is 17.6 Å². The van der Waals surface area contributed by atoms with Crippen LogP contribution < -0.4 is 5.32 Å². The summed E-state index contributed by atoms with van der Waals surface area (Å²) in [6.07, 6.45) is 1.48. The summed E-state index contributed by atoms with van der Waals surface area (Å²) in [6.45, 7) is 3.92. The van der Waals surface area contributed by atoms with Crippen LogP contribution in [0.15, 0.2) is 47.0 Å². The van der Waals surface area contributed by atoms with Crippen LogP contribution in [0, 0.1) is 11.7 Å². The zero-order valence-electron chi connectivity index (χ0n) is 17.5. The molecule has 0 aliphatic carbocycles. The van der Waals surface area contributed by atoms with Crippen molar-refractivity contribution in [2.45, 2.75) is 32.4 Å². The SMILES string of the molecule is CC(NC(=O)C1CCN(Cc2nc(-c3ccc(Cl)cc3Cl)no2)CC1)c1ccc(F)cc1. The van der Waals surface area contributed by atoms with Gasteiger partial charge in [0, 0.05) is 16.5 Å². The number of rotatable bonds is 6. The van der Waals surface area contributed by atoms with E-state index in [1.165, 1.54) is 12.1 Å². The Bertz CT molecular complexity index is 1080. The van der Waals surface area contributed by atoms with E-state index in [0.717, 1.165) is 31.5 Å².